The number of hydrogen-bond donors (Lipinski definition) is 4. The van der Waals surface area contributed by atoms with E-state index in [1.54, 1.807) is 24.3 Å². The lowest BCUT2D eigenvalue weighted by molar-refractivity contribution is -0.135. The van der Waals surface area contributed by atoms with Crippen molar-refractivity contribution in [2.75, 3.05) is 19.6 Å². The van der Waals surface area contributed by atoms with Crippen molar-refractivity contribution in [3.8, 4) is 0 Å². The van der Waals surface area contributed by atoms with Gasteiger partial charge in [0.2, 0.25) is 0 Å². The highest BCUT2D eigenvalue weighted by atomic mass is 16.4. The van der Waals surface area contributed by atoms with Crippen molar-refractivity contribution in [2.24, 2.45) is 0 Å². The molecule has 1 aromatic rings. The van der Waals surface area contributed by atoms with Gasteiger partial charge in [0.1, 0.15) is 0 Å². The molecule has 0 saturated carbocycles. The van der Waals surface area contributed by atoms with Gasteiger partial charge in [0.25, 0.3) is 0 Å². The monoisotopic (exact) mass is 252 g/mol. The average Bonchev–Trinajstić information content (AvgIpc) is 2.34. The number of nitrogens with one attached hydrogen (secondary N) is 2. The van der Waals surface area contributed by atoms with Gasteiger partial charge in [0.05, 0.1) is 12.1 Å². The Balaban J connectivity index is 2.19. The third kappa shape index (κ3) is 5.42. The van der Waals surface area contributed by atoms with Crippen LogP contribution in [0.5, 0.6) is 0 Å². The molecule has 0 aromatic heterocycles. The number of benzene rings is 1. The highest BCUT2D eigenvalue weighted by Crippen LogP contribution is 2.03. The molecule has 0 unspecified atom stereocenters. The number of carboxylic acids is 2. The molecule has 0 amide bonds. The Hall–Kier alpha value is -1.92. The molecule has 0 aliphatic heterocycles. The van der Waals surface area contributed by atoms with Crippen LogP contribution in [0.15, 0.2) is 24.3 Å². The molecule has 1 rings (SSSR count). The number of aliphatic carboxylic acids is 1. The average molecular weight is 252 g/mol. The van der Waals surface area contributed by atoms with Crippen LogP contribution in [0.2, 0.25) is 0 Å². The zero-order chi connectivity index (χ0) is 13.4. The Kier molecular flexibility index (Phi) is 5.83. The van der Waals surface area contributed by atoms with Crippen LogP contribution in [0.4, 0.5) is 0 Å². The zero-order valence-electron chi connectivity index (χ0n) is 9.85. The van der Waals surface area contributed by atoms with E-state index in [1.807, 2.05) is 0 Å². The van der Waals surface area contributed by atoms with Crippen molar-refractivity contribution in [1.29, 1.82) is 0 Å². The minimum atomic E-state index is -0.938. The maximum Gasteiger partial charge on any atom is 0.335 e. The van der Waals surface area contributed by atoms with Crippen molar-refractivity contribution in [2.45, 2.75) is 6.54 Å². The van der Waals surface area contributed by atoms with E-state index in [2.05, 4.69) is 10.6 Å². The van der Waals surface area contributed by atoms with Crippen LogP contribution >= 0.6 is 0 Å². The van der Waals surface area contributed by atoms with Crippen LogP contribution in [0.3, 0.4) is 0 Å². The summed E-state index contributed by atoms with van der Waals surface area (Å²) >= 11 is 0. The fourth-order valence-corrected chi connectivity index (χ4v) is 1.37. The van der Waals surface area contributed by atoms with Crippen molar-refractivity contribution < 1.29 is 19.8 Å². The Bertz CT molecular complexity index is 403. The first-order valence-electron chi connectivity index (χ1n) is 5.55. The molecule has 1 aromatic carbocycles. The van der Waals surface area contributed by atoms with Gasteiger partial charge in [0.15, 0.2) is 0 Å². The van der Waals surface area contributed by atoms with Crippen molar-refractivity contribution in [3.63, 3.8) is 0 Å². The van der Waals surface area contributed by atoms with Gasteiger partial charge in [-0.05, 0) is 17.7 Å². The lowest BCUT2D eigenvalue weighted by atomic mass is 10.1. The maximum absolute atomic E-state index is 10.6. The summed E-state index contributed by atoms with van der Waals surface area (Å²) in [5.74, 6) is -1.81. The second-order valence-corrected chi connectivity index (χ2v) is 3.75. The lowest BCUT2D eigenvalue weighted by Gasteiger charge is -2.05. The molecule has 6 nitrogen and oxygen atoms in total. The molecule has 0 aliphatic carbocycles. The SMILES string of the molecule is O=C(O)CNCCNCc1ccc(C(=O)O)cc1. The van der Waals surface area contributed by atoms with E-state index in [0.29, 0.717) is 19.6 Å². The normalized spacial score (nSPS) is 10.2. The fraction of sp³-hybridized carbons (Fsp3) is 0.333. The topological polar surface area (TPSA) is 98.7 Å². The molecule has 6 heteroatoms. The van der Waals surface area contributed by atoms with Gasteiger partial charge in [-0.15, -0.1) is 0 Å². The Morgan fingerprint density at radius 3 is 2.17 bits per heavy atom. The van der Waals surface area contributed by atoms with Crippen LogP contribution in [0, 0.1) is 0 Å². The molecular weight excluding hydrogens is 236 g/mol. The first kappa shape index (κ1) is 14.1. The summed E-state index contributed by atoms with van der Waals surface area (Å²) in [5, 5.41) is 23.0. The van der Waals surface area contributed by atoms with Crippen LogP contribution in [-0.2, 0) is 11.3 Å². The van der Waals surface area contributed by atoms with Gasteiger partial charge in [-0.2, -0.15) is 0 Å². The van der Waals surface area contributed by atoms with Crippen LogP contribution in [0.1, 0.15) is 15.9 Å². The smallest absolute Gasteiger partial charge is 0.335 e. The van der Waals surface area contributed by atoms with Gasteiger partial charge in [-0.25, -0.2) is 4.79 Å². The third-order valence-corrected chi connectivity index (χ3v) is 2.28. The molecule has 98 valence electrons. The number of aromatic carboxylic acids is 1. The Morgan fingerprint density at radius 1 is 1.00 bits per heavy atom. The first-order chi connectivity index (χ1) is 8.59. The second kappa shape index (κ2) is 7.41. The van der Waals surface area contributed by atoms with Crippen molar-refractivity contribution >= 4 is 11.9 Å². The Labute approximate surface area is 105 Å². The van der Waals surface area contributed by atoms with E-state index in [9.17, 15) is 9.59 Å². The van der Waals surface area contributed by atoms with E-state index in [4.69, 9.17) is 10.2 Å². The molecule has 4 N–H and O–H groups in total. The van der Waals surface area contributed by atoms with Crippen LogP contribution in [0.25, 0.3) is 0 Å². The van der Waals surface area contributed by atoms with Gasteiger partial charge < -0.3 is 20.8 Å². The molecule has 0 spiro atoms. The number of carboxylic acid groups (broad SMARTS) is 2. The summed E-state index contributed by atoms with van der Waals surface area (Å²) < 4.78 is 0. The standard InChI is InChI=1S/C12H16N2O4/c15-11(16)8-14-6-5-13-7-9-1-3-10(4-2-9)12(17)18/h1-4,13-14H,5-8H2,(H,15,16)(H,17,18). The van der Waals surface area contributed by atoms with Crippen molar-refractivity contribution in [3.05, 3.63) is 35.4 Å². The van der Waals surface area contributed by atoms with Gasteiger partial charge in [0, 0.05) is 19.6 Å². The minimum absolute atomic E-state index is 0.0466. The van der Waals surface area contributed by atoms with Crippen LogP contribution < -0.4 is 10.6 Å². The summed E-state index contributed by atoms with van der Waals surface area (Å²) in [7, 11) is 0. The van der Waals surface area contributed by atoms with E-state index in [-0.39, 0.29) is 12.1 Å². The molecule has 0 atom stereocenters. The molecule has 0 aliphatic rings. The second-order valence-electron chi connectivity index (χ2n) is 3.75. The quantitative estimate of drug-likeness (QED) is 0.492. The summed E-state index contributed by atoms with van der Waals surface area (Å²) in [4.78, 5) is 20.8. The molecule has 0 bridgehead atoms. The molecule has 18 heavy (non-hydrogen) atoms. The summed E-state index contributed by atoms with van der Waals surface area (Å²) in [5.41, 5.74) is 1.25. The molecule has 0 saturated heterocycles. The largest absolute Gasteiger partial charge is 0.480 e. The van der Waals surface area contributed by atoms with Crippen molar-refractivity contribution in [1.82, 2.24) is 10.6 Å². The number of rotatable bonds is 8. The minimum Gasteiger partial charge on any atom is -0.480 e. The highest BCUT2D eigenvalue weighted by molar-refractivity contribution is 5.87. The van der Waals surface area contributed by atoms with Gasteiger partial charge >= 0.3 is 11.9 Å². The van der Waals surface area contributed by atoms with E-state index in [1.165, 1.54) is 0 Å². The highest BCUT2D eigenvalue weighted by Gasteiger charge is 2.01. The molecule has 0 radical (unpaired) electrons. The Morgan fingerprint density at radius 2 is 1.61 bits per heavy atom. The zero-order valence-corrected chi connectivity index (χ0v) is 9.85. The summed E-state index contributed by atoms with van der Waals surface area (Å²) in [6.45, 7) is 1.79. The lowest BCUT2D eigenvalue weighted by Crippen LogP contribution is -2.30. The van der Waals surface area contributed by atoms with Crippen LogP contribution in [-0.4, -0.2) is 41.8 Å². The predicted octanol–water partition coefficient (Wildman–Crippen LogP) is 0.149. The third-order valence-electron chi connectivity index (χ3n) is 2.28. The van der Waals surface area contributed by atoms with Gasteiger partial charge in [-0.3, -0.25) is 4.79 Å². The number of carbonyl (C=O) groups is 2. The molecule has 0 fully saturated rings. The number of hydrogen-bond acceptors (Lipinski definition) is 4. The first-order valence-corrected chi connectivity index (χ1v) is 5.55. The summed E-state index contributed by atoms with van der Waals surface area (Å²) in [6.07, 6.45) is 0. The fourth-order valence-electron chi connectivity index (χ4n) is 1.37. The molecule has 0 heterocycles. The summed E-state index contributed by atoms with van der Waals surface area (Å²) in [6, 6.07) is 6.62. The maximum atomic E-state index is 10.6. The van der Waals surface area contributed by atoms with E-state index in [0.717, 1.165) is 5.56 Å². The van der Waals surface area contributed by atoms with E-state index >= 15 is 0 Å². The predicted molar refractivity (Wildman–Crippen MR) is 65.6 cm³/mol. The van der Waals surface area contributed by atoms with Gasteiger partial charge in [-0.1, -0.05) is 12.1 Å². The molecular formula is C12H16N2O4. The van der Waals surface area contributed by atoms with E-state index < -0.39 is 11.9 Å².